The molecule has 0 aliphatic carbocycles. The lowest BCUT2D eigenvalue weighted by Gasteiger charge is -2.20. The number of hydrogen-bond donors (Lipinski definition) is 1. The second-order valence-electron chi connectivity index (χ2n) is 5.44. The van der Waals surface area contributed by atoms with E-state index in [0.717, 1.165) is 31.4 Å². The zero-order valence-electron chi connectivity index (χ0n) is 12.9. The molecule has 112 valence electrons. The molecule has 2 rings (SSSR count). The Hall–Kier alpha value is -1.67. The number of nitrogens with one attached hydrogen (secondary N) is 1. The Morgan fingerprint density at radius 1 is 1.00 bits per heavy atom. The molecule has 0 fully saturated rings. The lowest BCUT2D eigenvalue weighted by molar-refractivity contribution is 0.527. The standard InChI is InChI=1S/C19H24FN/c1-3-11-21-19(14-16-8-6-10-18(20)13-16)17-9-5-7-15(4-2)12-17/h5-10,12-13,19,21H,3-4,11,14H2,1-2H3. The predicted octanol–water partition coefficient (Wildman–Crippen LogP) is 4.67. The molecule has 2 aromatic rings. The molecule has 0 amide bonds. The first-order valence-corrected chi connectivity index (χ1v) is 7.79. The molecule has 0 aliphatic heterocycles. The summed E-state index contributed by atoms with van der Waals surface area (Å²) in [6.45, 7) is 5.30. The van der Waals surface area contributed by atoms with Gasteiger partial charge < -0.3 is 5.32 Å². The number of benzene rings is 2. The molecule has 1 unspecified atom stereocenters. The van der Waals surface area contributed by atoms with Crippen molar-refractivity contribution in [1.82, 2.24) is 5.32 Å². The maximum Gasteiger partial charge on any atom is 0.123 e. The third-order valence-corrected chi connectivity index (χ3v) is 3.73. The van der Waals surface area contributed by atoms with Crippen molar-refractivity contribution in [3.05, 3.63) is 71.0 Å². The highest BCUT2D eigenvalue weighted by Gasteiger charge is 2.12. The summed E-state index contributed by atoms with van der Waals surface area (Å²) < 4.78 is 13.4. The Kier molecular flexibility index (Phi) is 5.94. The monoisotopic (exact) mass is 285 g/mol. The molecule has 1 N–H and O–H groups in total. The van der Waals surface area contributed by atoms with Crippen molar-refractivity contribution < 1.29 is 4.39 Å². The van der Waals surface area contributed by atoms with Crippen LogP contribution >= 0.6 is 0 Å². The van der Waals surface area contributed by atoms with Crippen LogP contribution in [-0.4, -0.2) is 6.54 Å². The van der Waals surface area contributed by atoms with Gasteiger partial charge in [0.05, 0.1) is 0 Å². The molecular formula is C19H24FN. The number of halogens is 1. The minimum absolute atomic E-state index is 0.163. The van der Waals surface area contributed by atoms with E-state index in [1.807, 2.05) is 6.07 Å². The van der Waals surface area contributed by atoms with Crippen LogP contribution in [0, 0.1) is 5.82 Å². The van der Waals surface area contributed by atoms with Gasteiger partial charge in [-0.2, -0.15) is 0 Å². The molecule has 2 heteroatoms. The minimum atomic E-state index is -0.163. The van der Waals surface area contributed by atoms with Gasteiger partial charge in [0.2, 0.25) is 0 Å². The van der Waals surface area contributed by atoms with Crippen molar-refractivity contribution in [1.29, 1.82) is 0 Å². The summed E-state index contributed by atoms with van der Waals surface area (Å²) >= 11 is 0. The number of hydrogen-bond acceptors (Lipinski definition) is 1. The first-order chi connectivity index (χ1) is 10.2. The van der Waals surface area contributed by atoms with Crippen LogP contribution in [0.5, 0.6) is 0 Å². The van der Waals surface area contributed by atoms with E-state index in [0.29, 0.717) is 0 Å². The summed E-state index contributed by atoms with van der Waals surface area (Å²) in [4.78, 5) is 0. The van der Waals surface area contributed by atoms with Gasteiger partial charge in [0.25, 0.3) is 0 Å². The first-order valence-electron chi connectivity index (χ1n) is 7.79. The molecule has 0 heterocycles. The van der Waals surface area contributed by atoms with E-state index in [2.05, 4.69) is 43.4 Å². The quantitative estimate of drug-likeness (QED) is 0.779. The summed E-state index contributed by atoms with van der Waals surface area (Å²) in [5.74, 6) is -0.163. The summed E-state index contributed by atoms with van der Waals surface area (Å²) in [5.41, 5.74) is 3.66. The highest BCUT2D eigenvalue weighted by molar-refractivity contribution is 5.28. The molecular weight excluding hydrogens is 261 g/mol. The van der Waals surface area contributed by atoms with Crippen molar-refractivity contribution in [2.75, 3.05) is 6.54 Å². The zero-order valence-corrected chi connectivity index (χ0v) is 12.9. The molecule has 0 saturated heterocycles. The van der Waals surface area contributed by atoms with E-state index in [-0.39, 0.29) is 11.9 Å². The zero-order chi connectivity index (χ0) is 15.1. The van der Waals surface area contributed by atoms with Crippen LogP contribution in [0.25, 0.3) is 0 Å². The number of aryl methyl sites for hydroxylation is 1. The molecule has 21 heavy (non-hydrogen) atoms. The summed E-state index contributed by atoms with van der Waals surface area (Å²) in [5, 5.41) is 3.58. The second kappa shape index (κ2) is 7.94. The fraction of sp³-hybridized carbons (Fsp3) is 0.368. The molecule has 2 aromatic carbocycles. The van der Waals surface area contributed by atoms with Gasteiger partial charge in [-0.3, -0.25) is 0 Å². The van der Waals surface area contributed by atoms with Gasteiger partial charge in [0.1, 0.15) is 5.82 Å². The van der Waals surface area contributed by atoms with Crippen molar-refractivity contribution in [3.63, 3.8) is 0 Å². The highest BCUT2D eigenvalue weighted by Crippen LogP contribution is 2.20. The van der Waals surface area contributed by atoms with Crippen LogP contribution in [0.15, 0.2) is 48.5 Å². The fourth-order valence-corrected chi connectivity index (χ4v) is 2.56. The largest absolute Gasteiger partial charge is 0.310 e. The van der Waals surface area contributed by atoms with E-state index >= 15 is 0 Å². The average molecular weight is 285 g/mol. The Labute approximate surface area is 127 Å². The topological polar surface area (TPSA) is 12.0 Å². The van der Waals surface area contributed by atoms with E-state index in [1.54, 1.807) is 12.1 Å². The molecule has 1 atom stereocenters. The van der Waals surface area contributed by atoms with Gasteiger partial charge in [-0.15, -0.1) is 0 Å². The van der Waals surface area contributed by atoms with Crippen molar-refractivity contribution in [2.24, 2.45) is 0 Å². The minimum Gasteiger partial charge on any atom is -0.310 e. The molecule has 0 spiro atoms. The summed E-state index contributed by atoms with van der Waals surface area (Å²) in [6.07, 6.45) is 2.94. The SMILES string of the molecule is CCCNC(Cc1cccc(F)c1)c1cccc(CC)c1. The van der Waals surface area contributed by atoms with E-state index in [9.17, 15) is 4.39 Å². The predicted molar refractivity (Wildman–Crippen MR) is 87.0 cm³/mol. The molecule has 0 saturated carbocycles. The van der Waals surface area contributed by atoms with Gasteiger partial charge in [-0.05, 0) is 54.6 Å². The van der Waals surface area contributed by atoms with Crippen LogP contribution in [0.2, 0.25) is 0 Å². The van der Waals surface area contributed by atoms with Crippen LogP contribution in [-0.2, 0) is 12.8 Å². The smallest absolute Gasteiger partial charge is 0.123 e. The fourth-order valence-electron chi connectivity index (χ4n) is 2.56. The molecule has 0 bridgehead atoms. The second-order valence-corrected chi connectivity index (χ2v) is 5.44. The van der Waals surface area contributed by atoms with Gasteiger partial charge in [0, 0.05) is 6.04 Å². The average Bonchev–Trinajstić information content (AvgIpc) is 2.51. The summed E-state index contributed by atoms with van der Waals surface area (Å²) in [6, 6.07) is 15.8. The Bertz CT molecular complexity index is 565. The lowest BCUT2D eigenvalue weighted by atomic mass is 9.96. The van der Waals surface area contributed by atoms with Gasteiger partial charge in [-0.1, -0.05) is 50.2 Å². The Balaban J connectivity index is 2.20. The number of rotatable bonds is 7. The van der Waals surface area contributed by atoms with Crippen molar-refractivity contribution in [3.8, 4) is 0 Å². The van der Waals surface area contributed by atoms with E-state index in [4.69, 9.17) is 0 Å². The van der Waals surface area contributed by atoms with Crippen molar-refractivity contribution >= 4 is 0 Å². The molecule has 0 aliphatic rings. The van der Waals surface area contributed by atoms with Crippen LogP contribution in [0.4, 0.5) is 4.39 Å². The third-order valence-electron chi connectivity index (χ3n) is 3.73. The molecule has 1 nitrogen and oxygen atoms in total. The van der Waals surface area contributed by atoms with Crippen LogP contribution in [0.1, 0.15) is 43.0 Å². The van der Waals surface area contributed by atoms with Crippen LogP contribution in [0.3, 0.4) is 0 Å². The third kappa shape index (κ3) is 4.68. The van der Waals surface area contributed by atoms with E-state index in [1.165, 1.54) is 17.2 Å². The maximum absolute atomic E-state index is 13.4. The van der Waals surface area contributed by atoms with Gasteiger partial charge in [0.15, 0.2) is 0 Å². The van der Waals surface area contributed by atoms with Gasteiger partial charge >= 0.3 is 0 Å². The molecule has 0 radical (unpaired) electrons. The Morgan fingerprint density at radius 2 is 1.76 bits per heavy atom. The normalized spacial score (nSPS) is 12.3. The first kappa shape index (κ1) is 15.7. The van der Waals surface area contributed by atoms with Crippen molar-refractivity contribution in [2.45, 2.75) is 39.2 Å². The highest BCUT2D eigenvalue weighted by atomic mass is 19.1. The van der Waals surface area contributed by atoms with Gasteiger partial charge in [-0.25, -0.2) is 4.39 Å². The molecule has 0 aromatic heterocycles. The Morgan fingerprint density at radius 3 is 2.48 bits per heavy atom. The summed E-state index contributed by atoms with van der Waals surface area (Å²) in [7, 11) is 0. The van der Waals surface area contributed by atoms with Crippen LogP contribution < -0.4 is 5.32 Å². The maximum atomic E-state index is 13.4. The van der Waals surface area contributed by atoms with E-state index < -0.39 is 0 Å². The lowest BCUT2D eigenvalue weighted by Crippen LogP contribution is -2.24.